The fourth-order valence-corrected chi connectivity index (χ4v) is 9.07. The van der Waals surface area contributed by atoms with E-state index in [0.29, 0.717) is 25.3 Å². The molecule has 5 aliphatic heterocycles. The average molecular weight is 608 g/mol. The molecule has 1 aromatic carbocycles. The molecule has 8 heteroatoms. The lowest BCUT2D eigenvalue weighted by atomic mass is 9.86. The zero-order valence-corrected chi connectivity index (χ0v) is 26.3. The van der Waals surface area contributed by atoms with E-state index < -0.39 is 21.0 Å². The van der Waals surface area contributed by atoms with Gasteiger partial charge in [0.25, 0.3) is 5.92 Å². The second-order valence-corrected chi connectivity index (χ2v) is 16.4. The maximum atomic E-state index is 15.8. The Balaban J connectivity index is 1.31. The zero-order valence-electron chi connectivity index (χ0n) is 25.5. The topological polar surface area (TPSA) is 44.3 Å². The fourth-order valence-electron chi connectivity index (χ4n) is 7.30. The first kappa shape index (κ1) is 30.3. The highest BCUT2D eigenvalue weighted by molar-refractivity contribution is 8.27. The summed E-state index contributed by atoms with van der Waals surface area (Å²) >= 11 is 0. The first-order valence-corrected chi connectivity index (χ1v) is 18.4. The van der Waals surface area contributed by atoms with Gasteiger partial charge in [0.05, 0.1) is 5.56 Å². The van der Waals surface area contributed by atoms with Gasteiger partial charge in [-0.2, -0.15) is 0 Å². The van der Waals surface area contributed by atoms with Crippen LogP contribution in [0.3, 0.4) is 0 Å². The summed E-state index contributed by atoms with van der Waals surface area (Å²) in [5.41, 5.74) is 4.24. The van der Waals surface area contributed by atoms with Crippen LogP contribution < -0.4 is 10.2 Å². The van der Waals surface area contributed by atoms with Crippen LogP contribution in [0.5, 0.6) is 0 Å². The molecule has 1 aromatic heterocycles. The first-order chi connectivity index (χ1) is 20.7. The Morgan fingerprint density at radius 3 is 2.40 bits per heavy atom. The number of aromatic nitrogens is 2. The molecule has 0 amide bonds. The molecule has 2 aromatic rings. The molecule has 0 saturated carbocycles. The summed E-state index contributed by atoms with van der Waals surface area (Å²) in [4.78, 5) is 14.1. The highest BCUT2D eigenvalue weighted by Crippen LogP contribution is 2.45. The maximum Gasteiger partial charge on any atom is 0.276 e. The van der Waals surface area contributed by atoms with Gasteiger partial charge in [0.1, 0.15) is 18.0 Å². The zero-order chi connectivity index (χ0) is 30.0. The van der Waals surface area contributed by atoms with Crippen LogP contribution in [0.2, 0.25) is 0 Å². The minimum Gasteiger partial charge on any atom is -0.365 e. The van der Waals surface area contributed by atoms with Gasteiger partial charge in [-0.15, -0.1) is 0 Å². The highest BCUT2D eigenvalue weighted by atomic mass is 32.2. The van der Waals surface area contributed by atoms with E-state index in [4.69, 9.17) is 4.98 Å². The third-order valence-corrected chi connectivity index (χ3v) is 12.2. The average Bonchev–Trinajstić information content (AvgIpc) is 3.00. The van der Waals surface area contributed by atoms with E-state index in [0.717, 1.165) is 98.2 Å². The maximum absolute atomic E-state index is 15.8. The summed E-state index contributed by atoms with van der Waals surface area (Å²) in [5, 5.41) is 3.49. The highest BCUT2D eigenvalue weighted by Gasteiger charge is 2.42. The number of benzene rings is 1. The molecule has 5 aliphatic rings. The lowest BCUT2D eigenvalue weighted by Crippen LogP contribution is -2.40. The Kier molecular flexibility index (Phi) is 8.97. The molecular formula is C35H47F2N5S. The molecular weight excluding hydrogens is 560 g/mol. The van der Waals surface area contributed by atoms with E-state index in [1.54, 1.807) is 24.5 Å². The Bertz CT molecular complexity index is 1440. The van der Waals surface area contributed by atoms with Crippen molar-refractivity contribution in [2.24, 2.45) is 11.8 Å². The van der Waals surface area contributed by atoms with Gasteiger partial charge in [-0.05, 0) is 98.9 Å². The third-order valence-electron chi connectivity index (χ3n) is 10.0. The smallest absolute Gasteiger partial charge is 0.276 e. The molecule has 6 heterocycles. The number of piperidine rings is 1. The van der Waals surface area contributed by atoms with Gasteiger partial charge >= 0.3 is 0 Å². The van der Waals surface area contributed by atoms with E-state index in [1.165, 1.54) is 18.4 Å². The third kappa shape index (κ3) is 6.70. The summed E-state index contributed by atoms with van der Waals surface area (Å²) < 4.78 is 31.5. The molecule has 8 bridgehead atoms. The van der Waals surface area contributed by atoms with Crippen molar-refractivity contribution in [3.63, 3.8) is 0 Å². The number of nitrogens with one attached hydrogen (secondary N) is 1. The number of anilines is 2. The van der Waals surface area contributed by atoms with Gasteiger partial charge in [0.15, 0.2) is 0 Å². The van der Waals surface area contributed by atoms with Gasteiger partial charge < -0.3 is 15.1 Å². The monoisotopic (exact) mass is 607 g/mol. The van der Waals surface area contributed by atoms with E-state index in [1.807, 2.05) is 6.07 Å². The van der Waals surface area contributed by atoms with Crippen molar-refractivity contribution in [2.75, 3.05) is 47.9 Å². The largest absolute Gasteiger partial charge is 0.365 e. The van der Waals surface area contributed by atoms with Gasteiger partial charge in [-0.3, -0.25) is 0 Å². The Morgan fingerprint density at radius 1 is 0.907 bits per heavy atom. The lowest BCUT2D eigenvalue weighted by Gasteiger charge is -2.38. The number of hydrogen-bond donors (Lipinski definition) is 1. The van der Waals surface area contributed by atoms with E-state index in [-0.39, 0.29) is 5.56 Å². The van der Waals surface area contributed by atoms with Gasteiger partial charge in [-0.25, -0.2) is 28.0 Å². The van der Waals surface area contributed by atoms with Crippen molar-refractivity contribution < 1.29 is 8.78 Å². The molecule has 232 valence electrons. The summed E-state index contributed by atoms with van der Waals surface area (Å²) in [6, 6.07) is 6.95. The van der Waals surface area contributed by atoms with Crippen LogP contribution in [0.1, 0.15) is 74.5 Å². The minimum absolute atomic E-state index is 0.122. The molecule has 0 atom stereocenters. The van der Waals surface area contributed by atoms with Crippen LogP contribution in [-0.4, -0.2) is 64.3 Å². The molecule has 2 saturated heterocycles. The summed E-state index contributed by atoms with van der Waals surface area (Å²) in [7, 11) is -1.000. The second-order valence-electron chi connectivity index (χ2n) is 13.1. The number of fused-ring (bicyclic) bond motifs is 9. The van der Waals surface area contributed by atoms with Gasteiger partial charge in [0, 0.05) is 30.3 Å². The van der Waals surface area contributed by atoms with Crippen molar-refractivity contribution >= 4 is 38.7 Å². The van der Waals surface area contributed by atoms with Crippen LogP contribution in [0.25, 0.3) is 6.08 Å². The first-order valence-electron chi connectivity index (χ1n) is 16.1. The predicted molar refractivity (Wildman–Crippen MR) is 181 cm³/mol. The number of alkyl halides is 2. The summed E-state index contributed by atoms with van der Waals surface area (Å²) in [5.74, 6) is 9.54. The molecule has 0 aliphatic carbocycles. The van der Waals surface area contributed by atoms with Crippen LogP contribution in [-0.2, 0) is 12.5 Å². The van der Waals surface area contributed by atoms with Crippen molar-refractivity contribution in [2.45, 2.75) is 70.3 Å². The van der Waals surface area contributed by atoms with Crippen LogP contribution in [0.4, 0.5) is 20.4 Å². The van der Waals surface area contributed by atoms with Crippen molar-refractivity contribution in [1.29, 1.82) is 0 Å². The lowest BCUT2D eigenvalue weighted by molar-refractivity contribution is -0.0855. The Morgan fingerprint density at radius 2 is 1.63 bits per heavy atom. The number of halogens is 2. The normalized spacial score (nSPS) is 26.6. The molecule has 2 fully saturated rings. The van der Waals surface area contributed by atoms with Gasteiger partial charge in [0.2, 0.25) is 0 Å². The van der Waals surface area contributed by atoms with Crippen molar-refractivity contribution in [1.82, 2.24) is 14.9 Å². The molecule has 7 rings (SSSR count). The van der Waals surface area contributed by atoms with Gasteiger partial charge in [-0.1, -0.05) is 55.8 Å². The number of rotatable bonds is 1. The number of hydrogen-bond acceptors (Lipinski definition) is 5. The molecule has 1 N–H and O–H groups in total. The summed E-state index contributed by atoms with van der Waals surface area (Å²) in [6.07, 6.45) is 12.8. The SMILES string of the molecule is C=C1C(C2CCS(=C)(=C)CC2)=Cc2c3ncnc2N1CCCCCCCN1CCC(CC1)C(F)(F)c1cccc(c1)CN3. The Labute approximate surface area is 257 Å². The molecule has 0 unspecified atom stereocenters. The fraction of sp³-hybridized carbons (Fsp3) is 0.543. The predicted octanol–water partition coefficient (Wildman–Crippen LogP) is 7.65. The minimum atomic E-state index is -2.84. The molecule has 0 radical (unpaired) electrons. The second kappa shape index (κ2) is 12.7. The quantitative estimate of drug-likeness (QED) is 0.338. The molecule has 43 heavy (non-hydrogen) atoms. The van der Waals surface area contributed by atoms with Crippen molar-refractivity contribution in [3.05, 3.63) is 65.1 Å². The van der Waals surface area contributed by atoms with Crippen LogP contribution >= 0.6 is 9.21 Å². The van der Waals surface area contributed by atoms with Crippen LogP contribution in [0, 0.1) is 11.8 Å². The van der Waals surface area contributed by atoms with E-state index in [2.05, 4.69) is 44.5 Å². The van der Waals surface area contributed by atoms with Crippen LogP contribution in [0.15, 0.2) is 48.4 Å². The molecule has 5 nitrogen and oxygen atoms in total. The van der Waals surface area contributed by atoms with Crippen molar-refractivity contribution in [3.8, 4) is 0 Å². The molecule has 0 spiro atoms. The number of allylic oxidation sites excluding steroid dienone is 1. The number of nitrogens with zero attached hydrogens (tertiary/aromatic N) is 4. The van der Waals surface area contributed by atoms with E-state index in [9.17, 15) is 0 Å². The summed E-state index contributed by atoms with van der Waals surface area (Å²) in [6.45, 7) is 8.41. The standard InChI is InChI=1S/C35H47F2N5S/c1-26-31(28-14-20-43(2,3)21-15-28)23-32-33-38-24-27-10-9-11-30(22-27)35(36,37)29-12-18-41(19-13-29)16-7-5-4-6-8-17-42(26)34(32)40-25-39-33/h9-11,22-23,25,28-29H,1-8,12-21,24H2,(H,38,39,40). The van der Waals surface area contributed by atoms with E-state index >= 15 is 8.78 Å². The Hall–Kier alpha value is -2.71.